The highest BCUT2D eigenvalue weighted by molar-refractivity contribution is 5.88. The molecule has 6 heteroatoms. The number of carboxylic acids is 1. The molecule has 6 nitrogen and oxygen atoms in total. The predicted molar refractivity (Wildman–Crippen MR) is 69.5 cm³/mol. The van der Waals surface area contributed by atoms with Crippen LogP contribution in [0.2, 0.25) is 0 Å². The number of aromatic nitrogens is 2. The predicted octanol–water partition coefficient (Wildman–Crippen LogP) is 1.35. The van der Waals surface area contributed by atoms with Crippen molar-refractivity contribution in [1.29, 1.82) is 0 Å². The quantitative estimate of drug-likeness (QED) is 0.866. The first-order valence-electron chi connectivity index (χ1n) is 6.48. The number of nitrogens with zero attached hydrogens (tertiary/aromatic N) is 3. The highest BCUT2D eigenvalue weighted by Crippen LogP contribution is 2.18. The second kappa shape index (κ2) is 5.97. The van der Waals surface area contributed by atoms with E-state index in [1.165, 1.54) is 19.0 Å². The lowest BCUT2D eigenvalue weighted by Gasteiger charge is -2.18. The third kappa shape index (κ3) is 3.41. The molecular weight excluding hydrogens is 246 g/mol. The molecule has 1 unspecified atom stereocenters. The van der Waals surface area contributed by atoms with Gasteiger partial charge in [0.25, 0.3) is 0 Å². The van der Waals surface area contributed by atoms with Crippen LogP contribution in [0.3, 0.4) is 0 Å². The zero-order valence-corrected chi connectivity index (χ0v) is 11.3. The van der Waals surface area contributed by atoms with Crippen molar-refractivity contribution < 1.29 is 14.6 Å². The number of carboxylic acid groups (broad SMARTS) is 1. The largest absolute Gasteiger partial charge is 0.478 e. The molecule has 2 heterocycles. The van der Waals surface area contributed by atoms with E-state index in [9.17, 15) is 4.79 Å². The van der Waals surface area contributed by atoms with Gasteiger partial charge in [0, 0.05) is 12.2 Å². The summed E-state index contributed by atoms with van der Waals surface area (Å²) in [5.74, 6) is -1.02. The molecule has 2 rings (SSSR count). The molecule has 1 aromatic rings. The Bertz CT molecular complexity index is 464. The van der Waals surface area contributed by atoms with Gasteiger partial charge in [-0.25, -0.2) is 9.78 Å². The number of likely N-dealkylation sites (tertiary alicyclic amines) is 1. The van der Waals surface area contributed by atoms with Crippen LogP contribution in [0.15, 0.2) is 6.20 Å². The Balaban J connectivity index is 1.86. The van der Waals surface area contributed by atoms with Gasteiger partial charge in [-0.2, -0.15) is 4.98 Å². The molecule has 0 bridgehead atoms. The van der Waals surface area contributed by atoms with E-state index in [2.05, 4.69) is 21.9 Å². The number of rotatable bonds is 5. The number of aromatic carboxylic acids is 1. The van der Waals surface area contributed by atoms with Crippen LogP contribution in [-0.4, -0.2) is 52.2 Å². The molecule has 0 amide bonds. The van der Waals surface area contributed by atoms with Crippen molar-refractivity contribution in [2.45, 2.75) is 32.2 Å². The first kappa shape index (κ1) is 13.7. The second-order valence-corrected chi connectivity index (χ2v) is 4.87. The fourth-order valence-corrected chi connectivity index (χ4v) is 2.36. The maximum absolute atomic E-state index is 10.8. The number of ether oxygens (including phenoxy) is 1. The van der Waals surface area contributed by atoms with Gasteiger partial charge in [0.2, 0.25) is 0 Å². The van der Waals surface area contributed by atoms with Crippen molar-refractivity contribution in [3.8, 4) is 6.01 Å². The van der Waals surface area contributed by atoms with Gasteiger partial charge in [-0.15, -0.1) is 0 Å². The molecule has 104 valence electrons. The summed E-state index contributed by atoms with van der Waals surface area (Å²) in [4.78, 5) is 21.1. The zero-order chi connectivity index (χ0) is 13.8. The molecule has 1 fully saturated rings. The van der Waals surface area contributed by atoms with Crippen molar-refractivity contribution in [2.75, 3.05) is 20.2 Å². The van der Waals surface area contributed by atoms with Gasteiger partial charge in [0.15, 0.2) is 0 Å². The minimum Gasteiger partial charge on any atom is -0.478 e. The summed E-state index contributed by atoms with van der Waals surface area (Å²) in [6.45, 7) is 3.34. The van der Waals surface area contributed by atoms with E-state index in [4.69, 9.17) is 9.84 Å². The van der Waals surface area contributed by atoms with Crippen molar-refractivity contribution in [1.82, 2.24) is 14.9 Å². The minimum absolute atomic E-state index is 0.114. The topological polar surface area (TPSA) is 75.5 Å². The Morgan fingerprint density at radius 1 is 1.63 bits per heavy atom. The Morgan fingerprint density at radius 3 is 3.00 bits per heavy atom. The van der Waals surface area contributed by atoms with Crippen LogP contribution in [0, 0.1) is 6.92 Å². The number of carbonyl (C=O) groups is 1. The SMILES string of the molecule is Cc1nc(OCCC2CCCN2C)ncc1C(=O)O. The number of hydrogen-bond acceptors (Lipinski definition) is 5. The molecular formula is C13H19N3O3. The lowest BCUT2D eigenvalue weighted by atomic mass is 10.1. The molecule has 0 saturated carbocycles. The third-order valence-electron chi connectivity index (χ3n) is 3.54. The second-order valence-electron chi connectivity index (χ2n) is 4.87. The third-order valence-corrected chi connectivity index (χ3v) is 3.54. The smallest absolute Gasteiger partial charge is 0.339 e. The molecule has 1 aliphatic heterocycles. The Hall–Kier alpha value is -1.69. The summed E-state index contributed by atoms with van der Waals surface area (Å²) in [5, 5.41) is 8.88. The number of aryl methyl sites for hydroxylation is 1. The maximum atomic E-state index is 10.8. The molecule has 1 saturated heterocycles. The minimum atomic E-state index is -1.02. The Kier molecular flexibility index (Phi) is 4.31. The summed E-state index contributed by atoms with van der Waals surface area (Å²) in [6, 6.07) is 0.822. The molecule has 1 aromatic heterocycles. The summed E-state index contributed by atoms with van der Waals surface area (Å²) in [7, 11) is 2.12. The standard InChI is InChI=1S/C13H19N3O3/c1-9-11(12(17)18)8-14-13(15-9)19-7-5-10-4-3-6-16(10)2/h8,10H,3-7H2,1-2H3,(H,17,18). The molecule has 0 spiro atoms. The normalized spacial score (nSPS) is 19.6. The summed E-state index contributed by atoms with van der Waals surface area (Å²) in [5.41, 5.74) is 0.540. The van der Waals surface area contributed by atoms with Crippen molar-refractivity contribution >= 4 is 5.97 Å². The van der Waals surface area contributed by atoms with Crippen molar-refractivity contribution in [3.05, 3.63) is 17.5 Å². The number of hydrogen-bond donors (Lipinski definition) is 1. The van der Waals surface area contributed by atoms with Crippen LogP contribution in [0.25, 0.3) is 0 Å². The average Bonchev–Trinajstić information content (AvgIpc) is 2.75. The van der Waals surface area contributed by atoms with Gasteiger partial charge < -0.3 is 14.7 Å². The van der Waals surface area contributed by atoms with Crippen LogP contribution < -0.4 is 4.74 Å². The Labute approximate surface area is 112 Å². The molecule has 0 aromatic carbocycles. The van der Waals surface area contributed by atoms with Gasteiger partial charge in [0.05, 0.1) is 17.9 Å². The molecule has 1 atom stereocenters. The van der Waals surface area contributed by atoms with Gasteiger partial charge in [0.1, 0.15) is 0 Å². The van der Waals surface area contributed by atoms with Crippen LogP contribution in [0.4, 0.5) is 0 Å². The zero-order valence-electron chi connectivity index (χ0n) is 11.3. The lowest BCUT2D eigenvalue weighted by Crippen LogP contribution is -2.26. The van der Waals surface area contributed by atoms with E-state index < -0.39 is 5.97 Å². The molecule has 0 radical (unpaired) electrons. The maximum Gasteiger partial charge on any atom is 0.339 e. The van der Waals surface area contributed by atoms with Gasteiger partial charge in [-0.3, -0.25) is 0 Å². The van der Waals surface area contributed by atoms with Gasteiger partial charge >= 0.3 is 12.0 Å². The Morgan fingerprint density at radius 2 is 2.42 bits per heavy atom. The first-order valence-corrected chi connectivity index (χ1v) is 6.48. The van der Waals surface area contributed by atoms with E-state index in [-0.39, 0.29) is 11.6 Å². The average molecular weight is 265 g/mol. The fourth-order valence-electron chi connectivity index (χ4n) is 2.36. The summed E-state index contributed by atoms with van der Waals surface area (Å²) >= 11 is 0. The first-order chi connectivity index (χ1) is 9.08. The lowest BCUT2D eigenvalue weighted by molar-refractivity contribution is 0.0695. The van der Waals surface area contributed by atoms with E-state index in [0.717, 1.165) is 13.0 Å². The summed E-state index contributed by atoms with van der Waals surface area (Å²) < 4.78 is 5.49. The monoisotopic (exact) mass is 265 g/mol. The highest BCUT2D eigenvalue weighted by Gasteiger charge is 2.20. The van der Waals surface area contributed by atoms with E-state index in [1.54, 1.807) is 6.92 Å². The molecule has 1 aliphatic rings. The van der Waals surface area contributed by atoms with E-state index in [1.807, 2.05) is 0 Å². The van der Waals surface area contributed by atoms with E-state index in [0.29, 0.717) is 18.3 Å². The fraction of sp³-hybridized carbons (Fsp3) is 0.615. The molecule has 0 aliphatic carbocycles. The van der Waals surface area contributed by atoms with Crippen molar-refractivity contribution in [2.24, 2.45) is 0 Å². The molecule has 19 heavy (non-hydrogen) atoms. The van der Waals surface area contributed by atoms with Crippen LogP contribution in [-0.2, 0) is 0 Å². The van der Waals surface area contributed by atoms with Crippen LogP contribution in [0.5, 0.6) is 6.01 Å². The summed E-state index contributed by atoms with van der Waals surface area (Å²) in [6.07, 6.45) is 4.68. The van der Waals surface area contributed by atoms with Crippen LogP contribution in [0.1, 0.15) is 35.3 Å². The highest BCUT2D eigenvalue weighted by atomic mass is 16.5. The van der Waals surface area contributed by atoms with Crippen molar-refractivity contribution in [3.63, 3.8) is 0 Å². The molecule has 1 N–H and O–H groups in total. The van der Waals surface area contributed by atoms with Gasteiger partial charge in [-0.05, 0) is 39.8 Å². The van der Waals surface area contributed by atoms with Crippen LogP contribution >= 0.6 is 0 Å². The van der Waals surface area contributed by atoms with Gasteiger partial charge in [-0.1, -0.05) is 0 Å². The van der Waals surface area contributed by atoms with E-state index >= 15 is 0 Å².